The number of ether oxygens (including phenoxy) is 2. The molecule has 8 nitrogen and oxygen atoms in total. The van der Waals surface area contributed by atoms with E-state index in [1.807, 2.05) is 0 Å². The largest absolute Gasteiger partial charge is 0.497 e. The molecule has 1 saturated carbocycles. The van der Waals surface area contributed by atoms with Crippen molar-refractivity contribution in [2.75, 3.05) is 26.1 Å². The van der Waals surface area contributed by atoms with Gasteiger partial charge in [0, 0.05) is 19.0 Å². The van der Waals surface area contributed by atoms with Crippen molar-refractivity contribution < 1.29 is 23.9 Å². The predicted octanol–water partition coefficient (Wildman–Crippen LogP) is 2.29. The Bertz CT molecular complexity index is 743. The van der Waals surface area contributed by atoms with Gasteiger partial charge in [-0.2, -0.15) is 0 Å². The number of hydrogen-bond acceptors (Lipinski definition) is 5. The number of benzene rings is 1. The second-order valence-corrected chi connectivity index (χ2v) is 6.89. The summed E-state index contributed by atoms with van der Waals surface area (Å²) in [6.07, 6.45) is 4.29. The van der Waals surface area contributed by atoms with Crippen molar-refractivity contribution >= 4 is 23.5 Å². The molecule has 1 aliphatic carbocycles. The minimum absolute atomic E-state index is 0.0183. The fourth-order valence-electron chi connectivity index (χ4n) is 3.70. The van der Waals surface area contributed by atoms with Crippen LogP contribution in [0.15, 0.2) is 18.2 Å². The van der Waals surface area contributed by atoms with Gasteiger partial charge in [-0.15, -0.1) is 0 Å². The Morgan fingerprint density at radius 3 is 2.59 bits per heavy atom. The van der Waals surface area contributed by atoms with E-state index >= 15 is 0 Å². The molecule has 0 aromatic heterocycles. The number of methoxy groups -OCH3 is 2. The topological polar surface area (TPSA) is 97.0 Å². The van der Waals surface area contributed by atoms with Crippen molar-refractivity contribution in [3.8, 4) is 11.5 Å². The molecule has 2 fully saturated rings. The number of hydrogen-bond donors (Lipinski definition) is 2. The molecule has 1 aliphatic heterocycles. The Morgan fingerprint density at radius 1 is 1.19 bits per heavy atom. The lowest BCUT2D eigenvalue weighted by Crippen LogP contribution is -2.48. The number of imide groups is 1. The number of nitrogens with zero attached hydrogens (tertiary/aromatic N) is 1. The summed E-state index contributed by atoms with van der Waals surface area (Å²) in [7, 11) is 3.05. The third-order valence-electron chi connectivity index (χ3n) is 5.20. The molecular weight excluding hydrogens is 350 g/mol. The smallest absolute Gasteiger partial charge is 0.325 e. The molecule has 146 valence electrons. The van der Waals surface area contributed by atoms with E-state index in [1.165, 1.54) is 7.11 Å². The maximum atomic E-state index is 12.7. The zero-order valence-corrected chi connectivity index (χ0v) is 15.7. The van der Waals surface area contributed by atoms with Crippen LogP contribution in [-0.4, -0.2) is 49.0 Å². The first-order valence-corrected chi connectivity index (χ1v) is 9.15. The Balaban J connectivity index is 1.59. The zero-order valence-electron chi connectivity index (χ0n) is 15.7. The Kier molecular flexibility index (Phi) is 5.53. The zero-order chi connectivity index (χ0) is 19.4. The maximum Gasteiger partial charge on any atom is 0.325 e. The van der Waals surface area contributed by atoms with Crippen molar-refractivity contribution in [3.05, 3.63) is 18.2 Å². The van der Waals surface area contributed by atoms with Crippen LogP contribution in [0.4, 0.5) is 10.5 Å². The van der Waals surface area contributed by atoms with Crippen molar-refractivity contribution in [1.29, 1.82) is 0 Å². The van der Waals surface area contributed by atoms with Crippen molar-refractivity contribution in [2.45, 2.75) is 44.1 Å². The molecule has 2 N–H and O–H groups in total. The van der Waals surface area contributed by atoms with Crippen molar-refractivity contribution in [1.82, 2.24) is 10.2 Å². The summed E-state index contributed by atoms with van der Waals surface area (Å²) in [6.45, 7) is 0.0523. The first-order valence-electron chi connectivity index (χ1n) is 9.15. The molecule has 4 amide bonds. The fourth-order valence-corrected chi connectivity index (χ4v) is 3.70. The molecule has 1 heterocycles. The third-order valence-corrected chi connectivity index (χ3v) is 5.20. The minimum Gasteiger partial charge on any atom is -0.497 e. The molecule has 8 heteroatoms. The Labute approximate surface area is 158 Å². The van der Waals surface area contributed by atoms with E-state index in [0.717, 1.165) is 24.2 Å². The molecule has 3 rings (SSSR count). The van der Waals surface area contributed by atoms with Crippen LogP contribution in [0.2, 0.25) is 0 Å². The molecule has 0 atom stereocenters. The normalized spacial score (nSPS) is 18.4. The quantitative estimate of drug-likeness (QED) is 0.744. The highest BCUT2D eigenvalue weighted by Crippen LogP contribution is 2.34. The van der Waals surface area contributed by atoms with E-state index in [-0.39, 0.29) is 24.8 Å². The van der Waals surface area contributed by atoms with Crippen LogP contribution in [0.25, 0.3) is 0 Å². The molecular formula is C19H25N3O5. The summed E-state index contributed by atoms with van der Waals surface area (Å²) in [4.78, 5) is 38.4. The van der Waals surface area contributed by atoms with Gasteiger partial charge in [0.1, 0.15) is 17.0 Å². The van der Waals surface area contributed by atoms with Crippen molar-refractivity contribution in [2.24, 2.45) is 0 Å². The highest BCUT2D eigenvalue weighted by molar-refractivity contribution is 6.07. The van der Waals surface area contributed by atoms with Crippen LogP contribution >= 0.6 is 0 Å². The second kappa shape index (κ2) is 7.85. The van der Waals surface area contributed by atoms with E-state index in [4.69, 9.17) is 9.47 Å². The van der Waals surface area contributed by atoms with E-state index in [0.29, 0.717) is 30.0 Å². The lowest BCUT2D eigenvalue weighted by atomic mass is 9.82. The number of anilines is 1. The summed E-state index contributed by atoms with van der Waals surface area (Å²) in [5, 5.41) is 5.59. The monoisotopic (exact) mass is 375 g/mol. The van der Waals surface area contributed by atoms with Gasteiger partial charge in [-0.1, -0.05) is 19.3 Å². The third kappa shape index (κ3) is 3.84. The van der Waals surface area contributed by atoms with Gasteiger partial charge in [-0.25, -0.2) is 4.79 Å². The molecule has 0 bridgehead atoms. The molecule has 1 spiro atoms. The van der Waals surface area contributed by atoms with E-state index < -0.39 is 11.6 Å². The van der Waals surface area contributed by atoms with Crippen LogP contribution in [0.1, 0.15) is 38.5 Å². The average Bonchev–Trinajstić information content (AvgIpc) is 2.90. The van der Waals surface area contributed by atoms with Crippen LogP contribution in [0, 0.1) is 0 Å². The van der Waals surface area contributed by atoms with Crippen molar-refractivity contribution in [3.63, 3.8) is 0 Å². The lowest BCUT2D eigenvalue weighted by molar-refractivity contribution is -0.132. The molecule has 2 aliphatic rings. The SMILES string of the molecule is COc1ccc(NC(=O)CCN2C(=O)NC3(CCCCC3)C2=O)c(OC)c1. The number of nitrogens with one attached hydrogen (secondary N) is 2. The van der Waals surface area contributed by atoms with Crippen LogP contribution in [0.3, 0.4) is 0 Å². The molecule has 0 radical (unpaired) electrons. The summed E-state index contributed by atoms with van der Waals surface area (Å²) >= 11 is 0. The number of urea groups is 1. The number of amides is 4. The minimum atomic E-state index is -0.759. The van der Waals surface area contributed by atoms with Gasteiger partial charge in [0.2, 0.25) is 5.91 Å². The maximum absolute atomic E-state index is 12.7. The van der Waals surface area contributed by atoms with Crippen LogP contribution in [0.5, 0.6) is 11.5 Å². The number of carbonyl (C=O) groups excluding carboxylic acids is 3. The summed E-state index contributed by atoms with van der Waals surface area (Å²) in [5.41, 5.74) is -0.255. The highest BCUT2D eigenvalue weighted by atomic mass is 16.5. The second-order valence-electron chi connectivity index (χ2n) is 6.89. The predicted molar refractivity (Wildman–Crippen MR) is 98.9 cm³/mol. The summed E-state index contributed by atoms with van der Waals surface area (Å²) < 4.78 is 10.4. The lowest BCUT2D eigenvalue weighted by Gasteiger charge is -2.30. The standard InChI is InChI=1S/C19H25N3O5/c1-26-13-6-7-14(15(12-13)27-2)20-16(23)8-11-22-17(24)19(21-18(22)25)9-4-3-5-10-19/h6-7,12H,3-5,8-11H2,1-2H3,(H,20,23)(H,21,25). The number of rotatable bonds is 6. The fraction of sp³-hybridized carbons (Fsp3) is 0.526. The average molecular weight is 375 g/mol. The summed E-state index contributed by atoms with van der Waals surface area (Å²) in [6, 6.07) is 4.65. The molecule has 1 aromatic carbocycles. The molecule has 27 heavy (non-hydrogen) atoms. The van der Waals surface area contributed by atoms with Gasteiger partial charge in [-0.05, 0) is 25.0 Å². The Hall–Kier alpha value is -2.77. The van der Waals surface area contributed by atoms with E-state index in [2.05, 4.69) is 10.6 Å². The van der Waals surface area contributed by atoms with Gasteiger partial charge < -0.3 is 20.1 Å². The highest BCUT2D eigenvalue weighted by Gasteiger charge is 2.51. The number of carbonyl (C=O) groups is 3. The van der Waals surface area contributed by atoms with E-state index in [9.17, 15) is 14.4 Å². The van der Waals surface area contributed by atoms with Gasteiger partial charge >= 0.3 is 6.03 Å². The van der Waals surface area contributed by atoms with E-state index in [1.54, 1.807) is 25.3 Å². The van der Waals surface area contributed by atoms with Gasteiger partial charge in [-0.3, -0.25) is 14.5 Å². The summed E-state index contributed by atoms with van der Waals surface area (Å²) in [5.74, 6) is 0.575. The molecule has 1 aromatic rings. The molecule has 0 unspecified atom stereocenters. The van der Waals surface area contributed by atoms with Crippen LogP contribution < -0.4 is 20.1 Å². The molecule has 1 saturated heterocycles. The first kappa shape index (κ1) is 19.0. The van der Waals surface area contributed by atoms with Gasteiger partial charge in [0.05, 0.1) is 19.9 Å². The van der Waals surface area contributed by atoms with Gasteiger partial charge in [0.15, 0.2) is 0 Å². The Morgan fingerprint density at radius 2 is 1.93 bits per heavy atom. The van der Waals surface area contributed by atoms with Crippen LogP contribution in [-0.2, 0) is 9.59 Å². The van der Waals surface area contributed by atoms with Gasteiger partial charge in [0.25, 0.3) is 5.91 Å². The first-order chi connectivity index (χ1) is 13.0.